The first-order valence-electron chi connectivity index (χ1n) is 6.70. The smallest absolute Gasteiger partial charge is 0.0914 e. The highest BCUT2D eigenvalue weighted by atomic mass is 16.3. The number of nitrogens with one attached hydrogen (secondary N) is 1. The summed E-state index contributed by atoms with van der Waals surface area (Å²) in [7, 11) is 0. The van der Waals surface area contributed by atoms with E-state index in [1.165, 1.54) is 11.1 Å². The van der Waals surface area contributed by atoms with Crippen LogP contribution in [0.4, 0.5) is 0 Å². The van der Waals surface area contributed by atoms with Gasteiger partial charge >= 0.3 is 0 Å². The van der Waals surface area contributed by atoms with Crippen LogP contribution in [0.1, 0.15) is 35.8 Å². The molecule has 100 valence electrons. The zero-order chi connectivity index (χ0) is 13.7. The molecule has 1 unspecified atom stereocenters. The Balaban J connectivity index is 1.90. The van der Waals surface area contributed by atoms with Crippen molar-refractivity contribution in [3.8, 4) is 0 Å². The quantitative estimate of drug-likeness (QED) is 0.858. The van der Waals surface area contributed by atoms with E-state index < -0.39 is 6.10 Å². The Bertz CT molecular complexity index is 492. The Kier molecular flexibility index (Phi) is 4.72. The van der Waals surface area contributed by atoms with Crippen LogP contribution in [-0.4, -0.2) is 11.7 Å². The van der Waals surface area contributed by atoms with Gasteiger partial charge in [0.25, 0.3) is 0 Å². The molecule has 0 aromatic heterocycles. The summed E-state index contributed by atoms with van der Waals surface area (Å²) in [6.07, 6.45) is -0.464. The summed E-state index contributed by atoms with van der Waals surface area (Å²) in [6.45, 7) is 4.75. The van der Waals surface area contributed by atoms with Crippen molar-refractivity contribution in [2.45, 2.75) is 26.0 Å². The molecule has 0 bridgehead atoms. The average molecular weight is 255 g/mol. The van der Waals surface area contributed by atoms with E-state index in [-0.39, 0.29) is 6.04 Å². The lowest BCUT2D eigenvalue weighted by atomic mass is 10.1. The minimum absolute atomic E-state index is 0.235. The fourth-order valence-corrected chi connectivity index (χ4v) is 2.05. The van der Waals surface area contributed by atoms with Gasteiger partial charge in [0, 0.05) is 12.6 Å². The molecular weight excluding hydrogens is 234 g/mol. The van der Waals surface area contributed by atoms with Gasteiger partial charge in [-0.3, -0.25) is 0 Å². The van der Waals surface area contributed by atoms with Gasteiger partial charge in [-0.15, -0.1) is 0 Å². The first kappa shape index (κ1) is 13.8. The van der Waals surface area contributed by atoms with E-state index in [9.17, 15) is 5.11 Å². The lowest BCUT2D eigenvalue weighted by Crippen LogP contribution is -2.24. The predicted octanol–water partition coefficient (Wildman–Crippen LogP) is 3.38. The number of aliphatic hydroxyl groups excluding tert-OH is 1. The molecule has 0 saturated carbocycles. The highest BCUT2D eigenvalue weighted by Gasteiger charge is 2.09. The van der Waals surface area contributed by atoms with Crippen LogP contribution in [0.5, 0.6) is 0 Å². The molecule has 2 aromatic rings. The van der Waals surface area contributed by atoms with Gasteiger partial charge in [-0.05, 0) is 25.0 Å². The first-order valence-corrected chi connectivity index (χ1v) is 6.70. The summed E-state index contributed by atoms with van der Waals surface area (Å²) >= 11 is 0. The van der Waals surface area contributed by atoms with Gasteiger partial charge in [0.1, 0.15) is 0 Å². The van der Waals surface area contributed by atoms with Crippen LogP contribution >= 0.6 is 0 Å². The summed E-state index contributed by atoms with van der Waals surface area (Å²) in [4.78, 5) is 0. The van der Waals surface area contributed by atoms with Crippen LogP contribution < -0.4 is 5.32 Å². The summed E-state index contributed by atoms with van der Waals surface area (Å²) in [6, 6.07) is 18.5. The lowest BCUT2D eigenvalue weighted by Gasteiger charge is -2.18. The third-order valence-electron chi connectivity index (χ3n) is 3.38. The standard InChI is InChI=1S/C17H21NO/c1-13-8-10-15(11-9-13)14(2)18-12-17(19)16-6-4-3-5-7-16/h3-11,14,17-19H,12H2,1-2H3/t14-,17?/m0/s1. The maximum Gasteiger partial charge on any atom is 0.0914 e. The molecule has 0 spiro atoms. The van der Waals surface area contributed by atoms with Crippen molar-refractivity contribution in [2.24, 2.45) is 0 Å². The summed E-state index contributed by atoms with van der Waals surface area (Å²) in [5.74, 6) is 0. The third-order valence-corrected chi connectivity index (χ3v) is 3.38. The van der Waals surface area contributed by atoms with Crippen molar-refractivity contribution in [3.63, 3.8) is 0 Å². The zero-order valence-corrected chi connectivity index (χ0v) is 11.5. The van der Waals surface area contributed by atoms with Crippen molar-refractivity contribution in [3.05, 3.63) is 71.3 Å². The number of benzene rings is 2. The number of hydrogen-bond acceptors (Lipinski definition) is 2. The maximum atomic E-state index is 10.1. The minimum atomic E-state index is -0.464. The molecule has 2 heteroatoms. The monoisotopic (exact) mass is 255 g/mol. The van der Waals surface area contributed by atoms with E-state index in [0.717, 1.165) is 5.56 Å². The molecule has 0 heterocycles. The van der Waals surface area contributed by atoms with E-state index in [1.54, 1.807) is 0 Å². The fraction of sp³-hybridized carbons (Fsp3) is 0.294. The molecule has 19 heavy (non-hydrogen) atoms. The van der Waals surface area contributed by atoms with Crippen molar-refractivity contribution in [1.82, 2.24) is 5.32 Å². The molecule has 0 saturated heterocycles. The topological polar surface area (TPSA) is 32.3 Å². The van der Waals surface area contributed by atoms with Crippen molar-refractivity contribution >= 4 is 0 Å². The van der Waals surface area contributed by atoms with E-state index in [1.807, 2.05) is 30.3 Å². The predicted molar refractivity (Wildman–Crippen MR) is 79.0 cm³/mol. The average Bonchev–Trinajstić information content (AvgIpc) is 2.46. The number of rotatable bonds is 5. The minimum Gasteiger partial charge on any atom is -0.387 e. The Morgan fingerprint density at radius 2 is 1.58 bits per heavy atom. The SMILES string of the molecule is Cc1ccc([C@H](C)NCC(O)c2ccccc2)cc1. The largest absolute Gasteiger partial charge is 0.387 e. The van der Waals surface area contributed by atoms with E-state index in [0.29, 0.717) is 6.54 Å². The van der Waals surface area contributed by atoms with Gasteiger partial charge in [0.05, 0.1) is 6.10 Å². The Morgan fingerprint density at radius 1 is 0.947 bits per heavy atom. The van der Waals surface area contributed by atoms with Gasteiger partial charge in [-0.25, -0.2) is 0 Å². The third kappa shape index (κ3) is 3.91. The van der Waals surface area contributed by atoms with E-state index in [4.69, 9.17) is 0 Å². The van der Waals surface area contributed by atoms with Crippen LogP contribution in [0.15, 0.2) is 54.6 Å². The number of aliphatic hydroxyl groups is 1. The van der Waals surface area contributed by atoms with Crippen molar-refractivity contribution < 1.29 is 5.11 Å². The highest BCUT2D eigenvalue weighted by Crippen LogP contribution is 2.16. The molecule has 0 aliphatic carbocycles. The van der Waals surface area contributed by atoms with Gasteiger partial charge in [0.2, 0.25) is 0 Å². The zero-order valence-electron chi connectivity index (χ0n) is 11.5. The van der Waals surface area contributed by atoms with Gasteiger partial charge in [-0.1, -0.05) is 60.2 Å². The Hall–Kier alpha value is -1.64. The van der Waals surface area contributed by atoms with Gasteiger partial charge in [0.15, 0.2) is 0 Å². The molecule has 0 fully saturated rings. The van der Waals surface area contributed by atoms with E-state index in [2.05, 4.69) is 43.4 Å². The molecule has 2 aromatic carbocycles. The van der Waals surface area contributed by atoms with Crippen LogP contribution in [0.2, 0.25) is 0 Å². The molecule has 2 N–H and O–H groups in total. The maximum absolute atomic E-state index is 10.1. The van der Waals surface area contributed by atoms with Crippen molar-refractivity contribution in [2.75, 3.05) is 6.54 Å². The molecule has 0 amide bonds. The Labute approximate surface area is 115 Å². The van der Waals surface area contributed by atoms with Crippen LogP contribution in [0.3, 0.4) is 0 Å². The van der Waals surface area contributed by atoms with Gasteiger partial charge < -0.3 is 10.4 Å². The summed E-state index contributed by atoms with van der Waals surface area (Å²) in [5, 5.41) is 13.5. The summed E-state index contributed by atoms with van der Waals surface area (Å²) < 4.78 is 0. The highest BCUT2D eigenvalue weighted by molar-refractivity contribution is 5.24. The van der Waals surface area contributed by atoms with Crippen LogP contribution in [0.25, 0.3) is 0 Å². The second-order valence-corrected chi connectivity index (χ2v) is 4.97. The molecule has 0 aliphatic rings. The molecule has 0 aliphatic heterocycles. The van der Waals surface area contributed by atoms with Crippen molar-refractivity contribution in [1.29, 1.82) is 0 Å². The molecular formula is C17H21NO. The van der Waals surface area contributed by atoms with Crippen LogP contribution in [-0.2, 0) is 0 Å². The number of aryl methyl sites for hydroxylation is 1. The second kappa shape index (κ2) is 6.50. The van der Waals surface area contributed by atoms with Crippen LogP contribution in [0, 0.1) is 6.92 Å². The molecule has 2 rings (SSSR count). The van der Waals surface area contributed by atoms with E-state index >= 15 is 0 Å². The second-order valence-electron chi connectivity index (χ2n) is 4.97. The molecule has 2 atom stereocenters. The summed E-state index contributed by atoms with van der Waals surface area (Å²) in [5.41, 5.74) is 3.46. The lowest BCUT2D eigenvalue weighted by molar-refractivity contribution is 0.171. The first-order chi connectivity index (χ1) is 9.16. The fourth-order valence-electron chi connectivity index (χ4n) is 2.05. The molecule has 2 nitrogen and oxygen atoms in total. The number of hydrogen-bond donors (Lipinski definition) is 2. The molecule has 0 radical (unpaired) electrons. The van der Waals surface area contributed by atoms with Gasteiger partial charge in [-0.2, -0.15) is 0 Å². The Morgan fingerprint density at radius 3 is 2.21 bits per heavy atom. The normalized spacial score (nSPS) is 14.1.